The quantitative estimate of drug-likeness (QED) is 0.251. The molecule has 2 rings (SSSR count). The van der Waals surface area contributed by atoms with Gasteiger partial charge in [-0.15, -0.1) is 0 Å². The summed E-state index contributed by atoms with van der Waals surface area (Å²) in [5.74, 6) is -1.21. The largest absolute Gasteiger partial charge is 0.416 e. The van der Waals surface area contributed by atoms with Crippen molar-refractivity contribution in [3.63, 3.8) is 0 Å². The fraction of sp³-hybridized carbons (Fsp3) is 0.481. The summed E-state index contributed by atoms with van der Waals surface area (Å²) in [6, 6.07) is 8.68. The highest BCUT2D eigenvalue weighted by atomic mass is 32.2. The number of hydrogen-bond donors (Lipinski definition) is 1. The average molecular weight is 574 g/mol. The molecule has 0 aliphatic rings. The summed E-state index contributed by atoms with van der Waals surface area (Å²) in [7, 11) is -3.96. The Kier molecular flexibility index (Phi) is 11.8. The zero-order valence-corrected chi connectivity index (χ0v) is 23.1. The van der Waals surface area contributed by atoms with Crippen LogP contribution in [-0.4, -0.2) is 50.5 Å². The number of carbonyl (C=O) groups excluding carboxylic acids is 2. The third kappa shape index (κ3) is 9.83. The van der Waals surface area contributed by atoms with Gasteiger partial charge < -0.3 is 10.2 Å². The van der Waals surface area contributed by atoms with Crippen molar-refractivity contribution in [3.05, 3.63) is 65.5 Å². The molecule has 0 saturated carbocycles. The summed E-state index contributed by atoms with van der Waals surface area (Å²) in [5.41, 5.74) is -0.550. The maximum Gasteiger partial charge on any atom is 0.416 e. The first-order valence-corrected chi connectivity index (χ1v) is 14.6. The lowest BCUT2D eigenvalue weighted by molar-refractivity contribution is -0.141. The van der Waals surface area contributed by atoms with E-state index < -0.39 is 39.5 Å². The van der Waals surface area contributed by atoms with E-state index in [2.05, 4.69) is 5.32 Å². The minimum absolute atomic E-state index is 0.00401. The Bertz CT molecular complexity index is 1200. The number of benzene rings is 2. The van der Waals surface area contributed by atoms with Gasteiger partial charge in [-0.05, 0) is 55.2 Å². The molecule has 0 radical (unpaired) electrons. The number of hydrogen-bond acceptors (Lipinski definition) is 4. The molecule has 39 heavy (non-hydrogen) atoms. The van der Waals surface area contributed by atoms with Crippen LogP contribution in [0.15, 0.2) is 48.5 Å². The first-order chi connectivity index (χ1) is 18.3. The smallest absolute Gasteiger partial charge is 0.354 e. The molecule has 2 aromatic carbocycles. The van der Waals surface area contributed by atoms with Crippen molar-refractivity contribution in [2.24, 2.45) is 0 Å². The van der Waals surface area contributed by atoms with E-state index in [1.807, 2.05) is 6.92 Å². The molecule has 1 N–H and O–H groups in total. The van der Waals surface area contributed by atoms with Gasteiger partial charge in [-0.25, -0.2) is 12.8 Å². The highest BCUT2D eigenvalue weighted by molar-refractivity contribution is 7.92. The van der Waals surface area contributed by atoms with Crippen molar-refractivity contribution < 1.29 is 35.6 Å². The summed E-state index contributed by atoms with van der Waals surface area (Å²) in [6.07, 6.45) is -1.99. The fourth-order valence-corrected chi connectivity index (χ4v) is 5.01. The van der Waals surface area contributed by atoms with Crippen LogP contribution in [0, 0.1) is 5.82 Å². The molecule has 0 saturated heterocycles. The molecule has 0 bridgehead atoms. The minimum Gasteiger partial charge on any atom is -0.354 e. The zero-order valence-electron chi connectivity index (χ0n) is 22.3. The van der Waals surface area contributed by atoms with Crippen molar-refractivity contribution >= 4 is 27.5 Å². The number of rotatable bonds is 14. The molecular weight excluding hydrogens is 538 g/mol. The second-order valence-corrected chi connectivity index (χ2v) is 11.1. The lowest BCUT2D eigenvalue weighted by atomic mass is 10.1. The van der Waals surface area contributed by atoms with Crippen LogP contribution in [0.5, 0.6) is 0 Å². The Labute approximate surface area is 227 Å². The number of amides is 2. The number of unbranched alkanes of at least 4 members (excludes halogenated alkanes) is 1. The molecule has 2 amide bonds. The molecule has 0 spiro atoms. The Morgan fingerprint density at radius 3 is 2.26 bits per heavy atom. The van der Waals surface area contributed by atoms with Crippen molar-refractivity contribution in [2.45, 2.75) is 64.7 Å². The van der Waals surface area contributed by atoms with Crippen LogP contribution < -0.4 is 9.62 Å². The van der Waals surface area contributed by atoms with E-state index in [4.69, 9.17) is 0 Å². The number of halogens is 4. The zero-order chi connectivity index (χ0) is 29.2. The van der Waals surface area contributed by atoms with Gasteiger partial charge >= 0.3 is 6.18 Å². The van der Waals surface area contributed by atoms with Gasteiger partial charge in [-0.3, -0.25) is 13.9 Å². The van der Waals surface area contributed by atoms with Crippen molar-refractivity contribution in [2.75, 3.05) is 23.7 Å². The third-order valence-corrected chi connectivity index (χ3v) is 7.29. The normalized spacial score (nSPS) is 12.6. The highest BCUT2D eigenvalue weighted by Crippen LogP contribution is 2.32. The summed E-state index contributed by atoms with van der Waals surface area (Å²) in [5, 5.41) is 2.83. The Hall–Kier alpha value is -3.15. The van der Waals surface area contributed by atoms with E-state index >= 15 is 0 Å². The summed E-state index contributed by atoms with van der Waals surface area (Å²) < 4.78 is 78.6. The molecule has 0 fully saturated rings. The maximum absolute atomic E-state index is 13.4. The van der Waals surface area contributed by atoms with Crippen LogP contribution in [-0.2, 0) is 32.3 Å². The molecule has 0 unspecified atom stereocenters. The van der Waals surface area contributed by atoms with Crippen LogP contribution in [0.25, 0.3) is 0 Å². The van der Waals surface area contributed by atoms with E-state index in [-0.39, 0.29) is 37.5 Å². The second-order valence-electron chi connectivity index (χ2n) is 9.20. The van der Waals surface area contributed by atoms with E-state index in [0.29, 0.717) is 18.5 Å². The number of alkyl halides is 3. The first-order valence-electron chi connectivity index (χ1n) is 12.7. The van der Waals surface area contributed by atoms with E-state index in [1.54, 1.807) is 6.92 Å². The number of carbonyl (C=O) groups is 2. The van der Waals surface area contributed by atoms with Crippen LogP contribution in [0.2, 0.25) is 0 Å². The van der Waals surface area contributed by atoms with E-state index in [9.17, 15) is 35.6 Å². The number of nitrogens with zero attached hydrogens (tertiary/aromatic N) is 2. The molecule has 7 nitrogen and oxygen atoms in total. The maximum atomic E-state index is 13.4. The summed E-state index contributed by atoms with van der Waals surface area (Å²) >= 11 is 0. The van der Waals surface area contributed by atoms with Gasteiger partial charge in [0.05, 0.1) is 17.5 Å². The van der Waals surface area contributed by atoms with E-state index in [1.165, 1.54) is 35.2 Å². The van der Waals surface area contributed by atoms with E-state index in [0.717, 1.165) is 41.6 Å². The summed E-state index contributed by atoms with van der Waals surface area (Å²) in [4.78, 5) is 27.6. The Morgan fingerprint density at radius 2 is 1.69 bits per heavy atom. The number of nitrogens with one attached hydrogen (secondary N) is 1. The molecule has 12 heteroatoms. The molecule has 0 aliphatic carbocycles. The SMILES string of the molecule is CCCCNC(=O)[C@@H](CC)N(Cc1ccc(F)cc1)C(=O)CCCN(c1cccc(C(F)(F)F)c1)S(C)(=O)=O. The van der Waals surface area contributed by atoms with Crippen molar-refractivity contribution in [1.29, 1.82) is 0 Å². The fourth-order valence-electron chi connectivity index (χ4n) is 4.05. The standard InChI is InChI=1S/C27H35F4N3O4S/c1-4-6-16-32-26(36)24(5-2)33(19-20-12-14-22(28)15-13-20)25(35)11-8-17-34(39(3,37)38)23-10-7-9-21(18-23)27(29,30)31/h7,9-10,12-15,18,24H,4-6,8,11,16-17,19H2,1-3H3,(H,32,36)/t24-/m1/s1. The van der Waals surface area contributed by atoms with Gasteiger partial charge in [0.1, 0.15) is 11.9 Å². The molecule has 2 aromatic rings. The first kappa shape index (κ1) is 32.1. The molecule has 0 heterocycles. The van der Waals surface area contributed by atoms with Crippen LogP contribution in [0.4, 0.5) is 23.2 Å². The molecule has 0 aliphatic heterocycles. The monoisotopic (exact) mass is 573 g/mol. The van der Waals surface area contributed by atoms with Gasteiger partial charge in [0.2, 0.25) is 21.8 Å². The summed E-state index contributed by atoms with van der Waals surface area (Å²) in [6.45, 7) is 3.98. The predicted octanol–water partition coefficient (Wildman–Crippen LogP) is 5.11. The van der Waals surface area contributed by atoms with Crippen LogP contribution >= 0.6 is 0 Å². The van der Waals surface area contributed by atoms with Gasteiger partial charge in [0.25, 0.3) is 0 Å². The van der Waals surface area contributed by atoms with Crippen LogP contribution in [0.3, 0.4) is 0 Å². The molecule has 1 atom stereocenters. The van der Waals surface area contributed by atoms with Gasteiger partial charge in [-0.1, -0.05) is 38.5 Å². The lowest BCUT2D eigenvalue weighted by Crippen LogP contribution is -2.49. The van der Waals surface area contributed by atoms with Gasteiger partial charge in [-0.2, -0.15) is 13.2 Å². The Morgan fingerprint density at radius 1 is 1.03 bits per heavy atom. The minimum atomic E-state index is -4.65. The number of anilines is 1. The Balaban J connectivity index is 2.23. The predicted molar refractivity (Wildman–Crippen MR) is 142 cm³/mol. The van der Waals surface area contributed by atoms with Crippen molar-refractivity contribution in [1.82, 2.24) is 10.2 Å². The van der Waals surface area contributed by atoms with Gasteiger partial charge in [0.15, 0.2) is 0 Å². The van der Waals surface area contributed by atoms with Crippen LogP contribution in [0.1, 0.15) is 57.1 Å². The second kappa shape index (κ2) is 14.3. The molecule has 216 valence electrons. The molecule has 0 aromatic heterocycles. The van der Waals surface area contributed by atoms with Crippen molar-refractivity contribution in [3.8, 4) is 0 Å². The topological polar surface area (TPSA) is 86.8 Å². The highest BCUT2D eigenvalue weighted by Gasteiger charge is 2.32. The third-order valence-electron chi connectivity index (χ3n) is 6.10. The number of sulfonamides is 1. The van der Waals surface area contributed by atoms with Gasteiger partial charge in [0, 0.05) is 26.1 Å². The molecular formula is C27H35F4N3O4S. The lowest BCUT2D eigenvalue weighted by Gasteiger charge is -2.31. The average Bonchev–Trinajstić information content (AvgIpc) is 2.86.